The molecule has 0 bridgehead atoms. The van der Waals surface area contributed by atoms with E-state index in [9.17, 15) is 5.26 Å². The monoisotopic (exact) mass is 1090 g/mol. The zero-order chi connectivity index (χ0) is 54.1. The van der Waals surface area contributed by atoms with Gasteiger partial charge in [0.15, 0.2) is 5.69 Å². The normalized spacial score (nSPS) is 11.5. The third kappa shape index (κ3) is 7.82. The summed E-state index contributed by atoms with van der Waals surface area (Å²) in [6, 6.07) is 91.3. The Bertz CT molecular complexity index is 5260. The fourth-order valence-corrected chi connectivity index (χ4v) is 12.7. The standard InChI is InChI=1S/C55H32N4.C19H11BrN2/c1-56-38-25-29-50-47(33-38)46-31-36(24-28-49(46)59(50)39-16-6-3-7-17-39)51-40-18-8-10-20-42(40)52(43-21-11-9-19-41(43)51)37-23-26-44-48(32-37)58-54(34-13-4-2-5-14-34)45-27-22-35-15-12-30-57-55(35)53(44)45;20-14-7-9-19-17(11-14)16-10-13(12-21)6-8-18(16)22(19)15-4-2-1-3-5-15/h2-33H;1-11H. The van der Waals surface area contributed by atoms with E-state index in [1.807, 2.05) is 79.0 Å². The first-order chi connectivity index (χ1) is 40.0. The van der Waals surface area contributed by atoms with Gasteiger partial charge in [0.2, 0.25) is 0 Å². The van der Waals surface area contributed by atoms with Crippen LogP contribution in [-0.4, -0.2) is 19.1 Å². The number of benzene rings is 12. The van der Waals surface area contributed by atoms with Crippen LogP contribution in [0.3, 0.4) is 0 Å². The van der Waals surface area contributed by atoms with Gasteiger partial charge in [0, 0.05) is 65.3 Å². The number of pyridine rings is 2. The van der Waals surface area contributed by atoms with E-state index in [1.165, 1.54) is 32.7 Å². The van der Waals surface area contributed by atoms with Crippen LogP contribution >= 0.6 is 15.9 Å². The summed E-state index contributed by atoms with van der Waals surface area (Å²) < 4.78 is 5.58. The topological polar surface area (TPSA) is 63.8 Å². The minimum absolute atomic E-state index is 0.633. The van der Waals surface area contributed by atoms with Gasteiger partial charge in [-0.2, -0.15) is 5.26 Å². The lowest BCUT2D eigenvalue weighted by molar-refractivity contribution is 1.18. The number of hydrogen-bond acceptors (Lipinski definition) is 3. The Morgan fingerprint density at radius 1 is 0.420 bits per heavy atom. The molecule has 6 nitrogen and oxygen atoms in total. The minimum Gasteiger partial charge on any atom is -0.309 e. The van der Waals surface area contributed by atoms with Crippen molar-refractivity contribution >= 4 is 119 Å². The Balaban J connectivity index is 0.000000214. The van der Waals surface area contributed by atoms with Crippen LogP contribution in [0.2, 0.25) is 0 Å². The maximum atomic E-state index is 9.18. The molecule has 16 aromatic rings. The van der Waals surface area contributed by atoms with Crippen LogP contribution < -0.4 is 0 Å². The van der Waals surface area contributed by atoms with Gasteiger partial charge in [0.05, 0.1) is 57.0 Å². The van der Waals surface area contributed by atoms with Crippen LogP contribution in [0, 0.1) is 17.9 Å². The lowest BCUT2D eigenvalue weighted by Gasteiger charge is -2.19. The summed E-state index contributed by atoms with van der Waals surface area (Å²) in [5.74, 6) is 0. The van der Waals surface area contributed by atoms with Crippen molar-refractivity contribution in [2.45, 2.75) is 0 Å². The second-order valence-corrected chi connectivity index (χ2v) is 21.3. The molecule has 0 atom stereocenters. The molecular formula is C74H43BrN6. The van der Waals surface area contributed by atoms with Crippen molar-refractivity contribution in [3.05, 3.63) is 282 Å². The van der Waals surface area contributed by atoms with Gasteiger partial charge in [-0.15, -0.1) is 0 Å². The van der Waals surface area contributed by atoms with E-state index in [2.05, 4.69) is 218 Å². The minimum atomic E-state index is 0.633. The van der Waals surface area contributed by atoms with Gasteiger partial charge in [-0.1, -0.05) is 174 Å². The third-order valence-electron chi connectivity index (χ3n) is 15.8. The zero-order valence-electron chi connectivity index (χ0n) is 43.4. The van der Waals surface area contributed by atoms with Gasteiger partial charge in [-0.25, -0.2) is 9.83 Å². The number of aromatic nitrogens is 4. The van der Waals surface area contributed by atoms with E-state index >= 15 is 0 Å². The molecule has 16 rings (SSSR count). The second-order valence-electron chi connectivity index (χ2n) is 20.4. The molecule has 0 aliphatic rings. The fraction of sp³-hybridized carbons (Fsp3) is 0. The summed E-state index contributed by atoms with van der Waals surface area (Å²) in [5.41, 5.74) is 16.5. The number of rotatable bonds is 5. The highest BCUT2D eigenvalue weighted by atomic mass is 79.9. The molecule has 4 heterocycles. The fourth-order valence-electron chi connectivity index (χ4n) is 12.4. The first-order valence-electron chi connectivity index (χ1n) is 26.8. The maximum Gasteiger partial charge on any atom is 0.188 e. The van der Waals surface area contributed by atoms with E-state index in [4.69, 9.17) is 16.5 Å². The molecule has 0 amide bonds. The molecule has 0 radical (unpaired) electrons. The summed E-state index contributed by atoms with van der Waals surface area (Å²) in [7, 11) is 0. The number of fused-ring (bicyclic) bond motifs is 13. The number of para-hydroxylation sites is 2. The summed E-state index contributed by atoms with van der Waals surface area (Å²) in [5, 5.41) is 22.7. The van der Waals surface area contributed by atoms with Gasteiger partial charge in [-0.05, 0) is 146 Å². The van der Waals surface area contributed by atoms with E-state index in [0.29, 0.717) is 11.3 Å². The molecule has 0 aliphatic heterocycles. The van der Waals surface area contributed by atoms with Crippen LogP contribution in [0.25, 0.3) is 147 Å². The molecule has 0 fully saturated rings. The van der Waals surface area contributed by atoms with Crippen molar-refractivity contribution in [2.75, 3.05) is 0 Å². The van der Waals surface area contributed by atoms with Crippen LogP contribution in [0.4, 0.5) is 5.69 Å². The predicted molar refractivity (Wildman–Crippen MR) is 340 cm³/mol. The van der Waals surface area contributed by atoms with Crippen molar-refractivity contribution in [3.8, 4) is 51.0 Å². The van der Waals surface area contributed by atoms with Crippen LogP contribution in [-0.2, 0) is 0 Å². The molecule has 12 aromatic carbocycles. The van der Waals surface area contributed by atoms with Gasteiger partial charge < -0.3 is 9.13 Å². The Morgan fingerprint density at radius 3 is 1.57 bits per heavy atom. The van der Waals surface area contributed by atoms with Crippen LogP contribution in [0.1, 0.15) is 5.56 Å². The SMILES string of the molecule is N#Cc1ccc2c(c1)c1cc(Br)ccc1n2-c1ccccc1.[C-]#[N+]c1ccc2c(c1)c1cc(-c3c4ccccc4c(-c4ccc5c(c4)nc(-c4ccccc4)c4ccc6cccnc6c45)c4ccccc34)ccc1n2-c1ccccc1. The van der Waals surface area contributed by atoms with E-state index < -0.39 is 0 Å². The van der Waals surface area contributed by atoms with Crippen molar-refractivity contribution in [3.63, 3.8) is 0 Å². The lowest BCUT2D eigenvalue weighted by Crippen LogP contribution is -1.94. The van der Waals surface area contributed by atoms with Gasteiger partial charge >= 0.3 is 0 Å². The highest BCUT2D eigenvalue weighted by Gasteiger charge is 2.21. The molecule has 0 aliphatic carbocycles. The van der Waals surface area contributed by atoms with Crippen molar-refractivity contribution < 1.29 is 0 Å². The number of halogens is 1. The molecular weight excluding hydrogens is 1050 g/mol. The second kappa shape index (κ2) is 19.3. The number of nitriles is 1. The predicted octanol–water partition coefficient (Wildman–Crippen LogP) is 20.3. The summed E-state index contributed by atoms with van der Waals surface area (Å²) in [6.07, 6.45) is 1.88. The third-order valence-corrected chi connectivity index (χ3v) is 16.3. The lowest BCUT2D eigenvalue weighted by atomic mass is 9.85. The Morgan fingerprint density at radius 2 is 0.938 bits per heavy atom. The van der Waals surface area contributed by atoms with Crippen molar-refractivity contribution in [1.82, 2.24) is 19.1 Å². The molecule has 4 aromatic heterocycles. The molecule has 0 N–H and O–H groups in total. The summed E-state index contributed by atoms with van der Waals surface area (Å²) in [6.45, 7) is 7.82. The number of nitrogens with zero attached hydrogens (tertiary/aromatic N) is 6. The smallest absolute Gasteiger partial charge is 0.188 e. The Labute approximate surface area is 474 Å². The van der Waals surface area contributed by atoms with E-state index in [1.54, 1.807) is 0 Å². The zero-order valence-corrected chi connectivity index (χ0v) is 45.0. The molecule has 0 spiro atoms. The maximum absolute atomic E-state index is 9.18. The van der Waals surface area contributed by atoms with Crippen LogP contribution in [0.5, 0.6) is 0 Å². The van der Waals surface area contributed by atoms with Gasteiger partial charge in [0.25, 0.3) is 0 Å². The van der Waals surface area contributed by atoms with E-state index in [0.717, 1.165) is 114 Å². The largest absolute Gasteiger partial charge is 0.309 e. The average Bonchev–Trinajstić information content (AvgIpc) is 4.26. The molecule has 0 unspecified atom stereocenters. The summed E-state index contributed by atoms with van der Waals surface area (Å²) >= 11 is 3.54. The molecule has 81 heavy (non-hydrogen) atoms. The average molecular weight is 1100 g/mol. The van der Waals surface area contributed by atoms with Crippen molar-refractivity contribution in [2.24, 2.45) is 0 Å². The molecule has 376 valence electrons. The molecule has 7 heteroatoms. The van der Waals surface area contributed by atoms with E-state index in [-0.39, 0.29) is 0 Å². The number of hydrogen-bond donors (Lipinski definition) is 0. The first-order valence-corrected chi connectivity index (χ1v) is 27.6. The first kappa shape index (κ1) is 47.5. The van der Waals surface area contributed by atoms with Gasteiger partial charge in [-0.3, -0.25) is 4.98 Å². The Kier molecular flexibility index (Phi) is 11.3. The quantitative estimate of drug-likeness (QED) is 0.0980. The Hall–Kier alpha value is -10.7. The van der Waals surface area contributed by atoms with Gasteiger partial charge in [0.1, 0.15) is 0 Å². The van der Waals surface area contributed by atoms with Crippen molar-refractivity contribution in [1.29, 1.82) is 5.26 Å². The molecule has 0 saturated carbocycles. The molecule has 0 saturated heterocycles. The highest BCUT2D eigenvalue weighted by Crippen LogP contribution is 2.47. The highest BCUT2D eigenvalue weighted by molar-refractivity contribution is 9.10. The van der Waals surface area contributed by atoms with Crippen LogP contribution in [0.15, 0.2) is 265 Å². The summed E-state index contributed by atoms with van der Waals surface area (Å²) in [4.78, 5) is 14.2.